The van der Waals surface area contributed by atoms with Gasteiger partial charge < -0.3 is 25.0 Å². The fourth-order valence-corrected chi connectivity index (χ4v) is 4.34. The van der Waals surface area contributed by atoms with E-state index in [-0.39, 0.29) is 12.5 Å². The minimum absolute atomic E-state index is 0.103. The molecular weight excluding hydrogens is 528 g/mol. The number of carbonyl (C=O) groups is 1. The van der Waals surface area contributed by atoms with Crippen LogP contribution in [0.3, 0.4) is 0 Å². The van der Waals surface area contributed by atoms with Crippen molar-refractivity contribution in [2.75, 3.05) is 37.9 Å². The second-order valence-corrected chi connectivity index (χ2v) is 9.85. The second-order valence-electron chi connectivity index (χ2n) is 9.45. The Labute approximate surface area is 238 Å². The summed E-state index contributed by atoms with van der Waals surface area (Å²) in [6.07, 6.45) is 4.37. The zero-order valence-electron chi connectivity index (χ0n) is 22.8. The molecule has 0 atom stereocenters. The maximum atomic E-state index is 12.7. The fraction of sp³-hybridized carbons (Fsp3) is 0.267. The number of carbonyl (C=O) groups excluding carboxylic acids is 1. The summed E-state index contributed by atoms with van der Waals surface area (Å²) in [5.41, 5.74) is 3.46. The number of anilines is 3. The molecule has 4 aromatic rings. The molecular formula is C30H32ClN6O3+. The first-order valence-electron chi connectivity index (χ1n) is 13.1. The Balaban J connectivity index is 1.62. The largest absolute Gasteiger partial charge is 0.492 e. The number of fused-ring (bicyclic) bond motifs is 1. The summed E-state index contributed by atoms with van der Waals surface area (Å²) in [7, 11) is 4.11. The van der Waals surface area contributed by atoms with Gasteiger partial charge in [-0.2, -0.15) is 5.26 Å². The summed E-state index contributed by atoms with van der Waals surface area (Å²) >= 11 is 6.52. The number of halogens is 1. The third-order valence-corrected chi connectivity index (χ3v) is 6.34. The highest BCUT2D eigenvalue weighted by Gasteiger charge is 2.16. The van der Waals surface area contributed by atoms with Crippen molar-refractivity contribution in [3.63, 3.8) is 0 Å². The standard InChI is InChI=1S/C30H31ClN6O3/c1-4-39-28-16-25-23(15-26(28)36-29(38)9-7-13-37(2)3)30(20(17-32)18-34-25)35-21-10-11-27(24(31)14-21)40-19-22-8-5-6-12-33-22/h5-6,8,10-12,14-16,18H,4,7,9,13,19H2,1-3H3,(H,34,35)(H,36,38)/p+1. The summed E-state index contributed by atoms with van der Waals surface area (Å²) < 4.78 is 11.6. The van der Waals surface area contributed by atoms with Gasteiger partial charge in [0.1, 0.15) is 24.2 Å². The molecule has 0 radical (unpaired) electrons. The van der Waals surface area contributed by atoms with Crippen LogP contribution in [0.5, 0.6) is 11.5 Å². The molecule has 0 unspecified atom stereocenters. The summed E-state index contributed by atoms with van der Waals surface area (Å²) in [5, 5.41) is 17.2. The molecule has 0 bridgehead atoms. The van der Waals surface area contributed by atoms with E-state index < -0.39 is 0 Å². The molecule has 1 amide bonds. The van der Waals surface area contributed by atoms with Gasteiger partial charge in [-0.25, -0.2) is 0 Å². The van der Waals surface area contributed by atoms with Gasteiger partial charge in [-0.05, 0) is 43.3 Å². The summed E-state index contributed by atoms with van der Waals surface area (Å²) in [4.78, 5) is 22.7. The Bertz CT molecular complexity index is 1520. The molecule has 40 heavy (non-hydrogen) atoms. The molecule has 9 nitrogen and oxygen atoms in total. The van der Waals surface area contributed by atoms with Gasteiger partial charge in [0.25, 0.3) is 0 Å². The first kappa shape index (κ1) is 28.6. The average molecular weight is 560 g/mol. The van der Waals surface area contributed by atoms with Crippen molar-refractivity contribution in [1.82, 2.24) is 9.97 Å². The highest BCUT2D eigenvalue weighted by Crippen LogP contribution is 2.37. The van der Waals surface area contributed by atoms with Crippen molar-refractivity contribution in [3.05, 3.63) is 77.2 Å². The topological polar surface area (TPSA) is 114 Å². The third kappa shape index (κ3) is 7.38. The second kappa shape index (κ2) is 13.6. The predicted octanol–water partition coefficient (Wildman–Crippen LogP) is 4.74. The van der Waals surface area contributed by atoms with Crippen molar-refractivity contribution in [2.24, 2.45) is 0 Å². The lowest BCUT2D eigenvalue weighted by Crippen LogP contribution is -3.05. The van der Waals surface area contributed by atoms with Crippen molar-refractivity contribution in [3.8, 4) is 17.6 Å². The number of benzene rings is 2. The van der Waals surface area contributed by atoms with Crippen LogP contribution in [-0.2, 0) is 11.4 Å². The summed E-state index contributed by atoms with van der Waals surface area (Å²) in [6.45, 7) is 3.48. The van der Waals surface area contributed by atoms with Gasteiger partial charge in [0.05, 0.1) is 60.4 Å². The van der Waals surface area contributed by atoms with Crippen LogP contribution in [0, 0.1) is 11.3 Å². The van der Waals surface area contributed by atoms with Gasteiger partial charge >= 0.3 is 0 Å². The first-order chi connectivity index (χ1) is 19.4. The maximum Gasteiger partial charge on any atom is 0.224 e. The Morgan fingerprint density at radius 2 is 1.95 bits per heavy atom. The number of pyridine rings is 2. The van der Waals surface area contributed by atoms with E-state index in [4.69, 9.17) is 21.1 Å². The van der Waals surface area contributed by atoms with E-state index in [0.29, 0.717) is 63.1 Å². The third-order valence-electron chi connectivity index (χ3n) is 6.05. The van der Waals surface area contributed by atoms with Gasteiger partial charge in [0.2, 0.25) is 5.91 Å². The van der Waals surface area contributed by atoms with E-state index in [2.05, 4.69) is 40.8 Å². The van der Waals surface area contributed by atoms with Gasteiger partial charge in [-0.3, -0.25) is 14.8 Å². The Morgan fingerprint density at radius 1 is 1.10 bits per heavy atom. The lowest BCUT2D eigenvalue weighted by atomic mass is 10.1. The van der Waals surface area contributed by atoms with Crippen molar-refractivity contribution in [1.29, 1.82) is 5.26 Å². The van der Waals surface area contributed by atoms with Crippen LogP contribution in [0.1, 0.15) is 31.0 Å². The number of ether oxygens (including phenoxy) is 2. The number of amides is 1. The van der Waals surface area contributed by atoms with Crippen LogP contribution >= 0.6 is 11.6 Å². The number of aromatic nitrogens is 2. The number of nitrogens with one attached hydrogen (secondary N) is 3. The highest BCUT2D eigenvalue weighted by atomic mass is 35.5. The molecule has 0 saturated carbocycles. The van der Waals surface area contributed by atoms with Crippen molar-refractivity contribution < 1.29 is 19.2 Å². The maximum absolute atomic E-state index is 12.7. The first-order valence-corrected chi connectivity index (χ1v) is 13.4. The van der Waals surface area contributed by atoms with Crippen LogP contribution in [0.4, 0.5) is 17.1 Å². The summed E-state index contributed by atoms with van der Waals surface area (Å²) in [6, 6.07) is 16.7. The summed E-state index contributed by atoms with van der Waals surface area (Å²) in [5.74, 6) is 0.927. The SMILES string of the molecule is CCOc1cc2ncc(C#N)c(Nc3ccc(OCc4ccccn4)c(Cl)c3)c2cc1NC(=O)CCC[NH+](C)C. The number of rotatable bonds is 12. The average Bonchev–Trinajstić information content (AvgIpc) is 2.94. The van der Waals surface area contributed by atoms with E-state index in [0.717, 1.165) is 18.7 Å². The van der Waals surface area contributed by atoms with Gasteiger partial charge in [-0.15, -0.1) is 0 Å². The van der Waals surface area contributed by atoms with Crippen LogP contribution in [0.2, 0.25) is 5.02 Å². The monoisotopic (exact) mass is 559 g/mol. The normalized spacial score (nSPS) is 10.8. The van der Waals surface area contributed by atoms with E-state index >= 15 is 0 Å². The quantitative estimate of drug-likeness (QED) is 0.230. The Kier molecular flexibility index (Phi) is 9.73. The molecule has 0 aliphatic rings. The molecule has 2 heterocycles. The zero-order valence-corrected chi connectivity index (χ0v) is 23.5. The lowest BCUT2D eigenvalue weighted by molar-refractivity contribution is -0.858. The molecule has 0 fully saturated rings. The molecule has 4 rings (SSSR count). The minimum atomic E-state index is -0.103. The molecule has 2 aromatic heterocycles. The van der Waals surface area contributed by atoms with Crippen LogP contribution in [-0.4, -0.2) is 43.1 Å². The smallest absolute Gasteiger partial charge is 0.224 e. The van der Waals surface area contributed by atoms with Gasteiger partial charge in [-0.1, -0.05) is 17.7 Å². The number of nitrogens with zero attached hydrogens (tertiary/aromatic N) is 3. The van der Waals surface area contributed by atoms with Crippen LogP contribution < -0.4 is 25.0 Å². The molecule has 0 saturated heterocycles. The van der Waals surface area contributed by atoms with E-state index in [1.165, 1.54) is 11.1 Å². The van der Waals surface area contributed by atoms with E-state index in [9.17, 15) is 10.1 Å². The van der Waals surface area contributed by atoms with E-state index in [1.807, 2.05) is 31.2 Å². The molecule has 3 N–H and O–H groups in total. The molecule has 206 valence electrons. The fourth-order valence-electron chi connectivity index (χ4n) is 4.10. The van der Waals surface area contributed by atoms with Crippen molar-refractivity contribution in [2.45, 2.75) is 26.4 Å². The van der Waals surface area contributed by atoms with Crippen LogP contribution in [0.15, 0.2) is 60.9 Å². The number of hydrogen-bond donors (Lipinski definition) is 3. The van der Waals surface area contributed by atoms with Gasteiger partial charge in [0.15, 0.2) is 0 Å². The number of quaternary nitrogens is 1. The zero-order chi connectivity index (χ0) is 28.5. The Hall–Kier alpha value is -4.39. The lowest BCUT2D eigenvalue weighted by Gasteiger charge is -2.17. The Morgan fingerprint density at radius 3 is 2.65 bits per heavy atom. The number of hydrogen-bond acceptors (Lipinski definition) is 7. The van der Waals surface area contributed by atoms with Gasteiger partial charge in [0, 0.05) is 42.4 Å². The molecule has 0 spiro atoms. The molecule has 0 aliphatic carbocycles. The predicted molar refractivity (Wildman–Crippen MR) is 156 cm³/mol. The minimum Gasteiger partial charge on any atom is -0.492 e. The molecule has 2 aromatic carbocycles. The van der Waals surface area contributed by atoms with E-state index in [1.54, 1.807) is 30.5 Å². The molecule has 10 heteroatoms. The highest BCUT2D eigenvalue weighted by molar-refractivity contribution is 6.32. The number of nitriles is 1. The van der Waals surface area contributed by atoms with Crippen LogP contribution in [0.25, 0.3) is 10.9 Å². The molecule has 0 aliphatic heterocycles. The van der Waals surface area contributed by atoms with Crippen molar-refractivity contribution >= 4 is 45.5 Å².